The molecule has 0 aliphatic carbocycles. The lowest BCUT2D eigenvalue weighted by Crippen LogP contribution is -2.03. The summed E-state index contributed by atoms with van der Waals surface area (Å²) in [6, 6.07) is 14.0. The predicted molar refractivity (Wildman–Crippen MR) is 71.8 cm³/mol. The van der Waals surface area contributed by atoms with Crippen molar-refractivity contribution in [3.8, 4) is 11.1 Å². The average Bonchev–Trinajstić information content (AvgIpc) is 2.38. The van der Waals surface area contributed by atoms with E-state index in [1.807, 2.05) is 18.2 Å². The maximum absolute atomic E-state index is 11.5. The Morgan fingerprint density at radius 3 is 2.22 bits per heavy atom. The molecule has 0 heterocycles. The minimum absolute atomic E-state index is 0.105. The molecular weight excluding hydrogens is 248 g/mol. The molecule has 0 spiro atoms. The molecule has 0 unspecified atom stereocenters. The van der Waals surface area contributed by atoms with Crippen molar-refractivity contribution < 1.29 is 13.0 Å². The summed E-state index contributed by atoms with van der Waals surface area (Å²) in [5.41, 5.74) is 1.59. The van der Waals surface area contributed by atoms with E-state index in [4.69, 9.17) is 0 Å². The number of hydrogen-bond donors (Lipinski definition) is 1. The van der Waals surface area contributed by atoms with Gasteiger partial charge >= 0.3 is 0 Å². The summed E-state index contributed by atoms with van der Waals surface area (Å²) in [5.74, 6) is 0. The fraction of sp³-hybridized carbons (Fsp3) is 0. The molecule has 0 fully saturated rings. The van der Waals surface area contributed by atoms with Crippen molar-refractivity contribution >= 4 is 16.2 Å². The summed E-state index contributed by atoms with van der Waals surface area (Å²) < 4.78 is 32.4. The lowest BCUT2D eigenvalue weighted by molar-refractivity contribution is 0.483. The van der Waals surface area contributed by atoms with Gasteiger partial charge in [-0.15, -0.1) is 0 Å². The van der Waals surface area contributed by atoms with Crippen molar-refractivity contribution in [2.24, 2.45) is 0 Å². The van der Waals surface area contributed by atoms with E-state index < -0.39 is 10.1 Å². The van der Waals surface area contributed by atoms with Crippen LogP contribution < -0.4 is 0 Å². The minimum atomic E-state index is -4.30. The standard InChI is InChI=1S/C14H12O3S/c1-2-11-9-6-10-13(14(11)18(15,16)17)12-7-4-3-5-8-12/h2-10H,1H2,(H,15,16,17). The van der Waals surface area contributed by atoms with E-state index in [1.54, 1.807) is 30.3 Å². The number of benzene rings is 2. The third-order valence-corrected chi connectivity index (χ3v) is 3.58. The third-order valence-electron chi connectivity index (χ3n) is 2.61. The summed E-state index contributed by atoms with van der Waals surface area (Å²) in [6.45, 7) is 3.56. The van der Waals surface area contributed by atoms with Crippen LogP contribution in [-0.4, -0.2) is 13.0 Å². The van der Waals surface area contributed by atoms with Gasteiger partial charge in [0.15, 0.2) is 0 Å². The molecule has 0 aromatic heterocycles. The highest BCUT2D eigenvalue weighted by Gasteiger charge is 2.19. The molecule has 0 atom stereocenters. The molecule has 0 amide bonds. The number of rotatable bonds is 3. The molecule has 2 aromatic rings. The summed E-state index contributed by atoms with van der Waals surface area (Å²) >= 11 is 0. The average molecular weight is 260 g/mol. The SMILES string of the molecule is C=Cc1cccc(-c2ccccc2)c1S(=O)(=O)O. The highest BCUT2D eigenvalue weighted by atomic mass is 32.2. The first-order valence-electron chi connectivity index (χ1n) is 5.32. The first kappa shape index (κ1) is 12.5. The highest BCUT2D eigenvalue weighted by molar-refractivity contribution is 7.86. The van der Waals surface area contributed by atoms with Crippen molar-refractivity contribution in [2.45, 2.75) is 4.90 Å². The molecule has 0 aliphatic heterocycles. The topological polar surface area (TPSA) is 54.4 Å². The Bertz CT molecular complexity index is 673. The van der Waals surface area contributed by atoms with Gasteiger partial charge in [-0.25, -0.2) is 0 Å². The minimum Gasteiger partial charge on any atom is -0.282 e. The van der Waals surface area contributed by atoms with Gasteiger partial charge in [0.05, 0.1) is 0 Å². The van der Waals surface area contributed by atoms with Gasteiger partial charge in [-0.05, 0) is 11.1 Å². The third kappa shape index (κ3) is 2.34. The van der Waals surface area contributed by atoms with Gasteiger partial charge in [0.2, 0.25) is 0 Å². The molecule has 1 N–H and O–H groups in total. The van der Waals surface area contributed by atoms with Gasteiger partial charge in [-0.3, -0.25) is 4.55 Å². The second-order valence-corrected chi connectivity index (χ2v) is 5.13. The van der Waals surface area contributed by atoms with Crippen molar-refractivity contribution in [3.63, 3.8) is 0 Å². The van der Waals surface area contributed by atoms with Gasteiger partial charge in [-0.1, -0.05) is 61.2 Å². The molecule has 92 valence electrons. The van der Waals surface area contributed by atoms with Gasteiger partial charge in [-0.2, -0.15) is 8.42 Å². The molecule has 2 aromatic carbocycles. The van der Waals surface area contributed by atoms with Gasteiger partial charge in [0.25, 0.3) is 10.1 Å². The van der Waals surface area contributed by atoms with Crippen LogP contribution >= 0.6 is 0 Å². The molecule has 0 saturated carbocycles. The zero-order valence-corrected chi connectivity index (χ0v) is 10.4. The van der Waals surface area contributed by atoms with E-state index in [2.05, 4.69) is 6.58 Å². The molecule has 0 radical (unpaired) electrons. The van der Waals surface area contributed by atoms with Gasteiger partial charge < -0.3 is 0 Å². The first-order chi connectivity index (χ1) is 8.54. The largest absolute Gasteiger partial charge is 0.295 e. The summed E-state index contributed by atoms with van der Waals surface area (Å²) in [6.07, 6.45) is 1.41. The Hall–Kier alpha value is -1.91. The molecule has 4 heteroatoms. The first-order valence-corrected chi connectivity index (χ1v) is 6.76. The normalized spacial score (nSPS) is 11.2. The van der Waals surface area contributed by atoms with Crippen molar-refractivity contribution in [1.29, 1.82) is 0 Å². The summed E-state index contributed by atoms with van der Waals surface area (Å²) in [7, 11) is -4.30. The van der Waals surface area contributed by atoms with Crippen LogP contribution in [-0.2, 0) is 10.1 Å². The number of hydrogen-bond acceptors (Lipinski definition) is 2. The van der Waals surface area contributed by atoms with Crippen LogP contribution in [0, 0.1) is 0 Å². The van der Waals surface area contributed by atoms with E-state index in [9.17, 15) is 13.0 Å². The Morgan fingerprint density at radius 2 is 1.67 bits per heavy atom. The van der Waals surface area contributed by atoms with Crippen molar-refractivity contribution in [2.75, 3.05) is 0 Å². The molecule has 2 rings (SSSR count). The molecular formula is C14H12O3S. The van der Waals surface area contributed by atoms with E-state index >= 15 is 0 Å². The van der Waals surface area contributed by atoms with Crippen LogP contribution in [0.2, 0.25) is 0 Å². The van der Waals surface area contributed by atoms with E-state index in [-0.39, 0.29) is 4.90 Å². The zero-order chi connectivity index (χ0) is 13.2. The van der Waals surface area contributed by atoms with Gasteiger partial charge in [0, 0.05) is 5.56 Å². The predicted octanol–water partition coefficient (Wildman–Crippen LogP) is 3.24. The van der Waals surface area contributed by atoms with E-state index in [1.165, 1.54) is 6.08 Å². The summed E-state index contributed by atoms with van der Waals surface area (Å²) in [4.78, 5) is -0.105. The van der Waals surface area contributed by atoms with Crippen LogP contribution in [0.15, 0.2) is 60.0 Å². The van der Waals surface area contributed by atoms with Gasteiger partial charge in [0.1, 0.15) is 4.90 Å². The maximum atomic E-state index is 11.5. The molecule has 0 bridgehead atoms. The maximum Gasteiger partial charge on any atom is 0.295 e. The second-order valence-electron chi connectivity index (χ2n) is 3.77. The Balaban J connectivity index is 2.81. The fourth-order valence-corrected chi connectivity index (χ4v) is 2.76. The van der Waals surface area contributed by atoms with Crippen LogP contribution in [0.4, 0.5) is 0 Å². The van der Waals surface area contributed by atoms with Crippen molar-refractivity contribution in [1.82, 2.24) is 0 Å². The van der Waals surface area contributed by atoms with E-state index in [0.717, 1.165) is 5.56 Å². The van der Waals surface area contributed by atoms with Crippen LogP contribution in [0.1, 0.15) is 5.56 Å². The quantitative estimate of drug-likeness (QED) is 0.862. The summed E-state index contributed by atoms with van der Waals surface area (Å²) in [5, 5.41) is 0. The van der Waals surface area contributed by atoms with Crippen LogP contribution in [0.25, 0.3) is 17.2 Å². The second kappa shape index (κ2) is 4.76. The van der Waals surface area contributed by atoms with E-state index in [0.29, 0.717) is 11.1 Å². The van der Waals surface area contributed by atoms with Crippen molar-refractivity contribution in [3.05, 3.63) is 60.7 Å². The smallest absolute Gasteiger partial charge is 0.282 e. The monoisotopic (exact) mass is 260 g/mol. The lowest BCUT2D eigenvalue weighted by Gasteiger charge is -2.10. The molecule has 3 nitrogen and oxygen atoms in total. The Morgan fingerprint density at radius 1 is 1.00 bits per heavy atom. The van der Waals surface area contributed by atoms with Crippen LogP contribution in [0.5, 0.6) is 0 Å². The zero-order valence-electron chi connectivity index (χ0n) is 9.58. The molecule has 18 heavy (non-hydrogen) atoms. The lowest BCUT2D eigenvalue weighted by atomic mass is 10.0. The highest BCUT2D eigenvalue weighted by Crippen LogP contribution is 2.30. The Kier molecular flexibility index (Phi) is 3.32. The molecule has 0 aliphatic rings. The molecule has 0 saturated heterocycles. The Labute approximate surface area is 106 Å². The van der Waals surface area contributed by atoms with Crippen LogP contribution in [0.3, 0.4) is 0 Å². The fourth-order valence-electron chi connectivity index (χ4n) is 1.85.